The van der Waals surface area contributed by atoms with Crippen molar-refractivity contribution in [2.45, 2.75) is 61.9 Å². The fraction of sp³-hybridized carbons (Fsp3) is 0.469. The van der Waals surface area contributed by atoms with Crippen LogP contribution in [0.25, 0.3) is 32.9 Å². The number of fused-ring (bicyclic) bond motifs is 7. The molecule has 0 unspecified atom stereocenters. The summed E-state index contributed by atoms with van der Waals surface area (Å²) in [5, 5.41) is 5.02. The van der Waals surface area contributed by atoms with Crippen LogP contribution >= 0.6 is 0 Å². The standard InChI is InChI=1S/C32H31F3N6O2/c33-17-12-32(10-3-11-40(32)13-17)16-43-31-38-28-25-29(39-31)41-14-18-8-9-23(36-18)24(41)15-42-30(25)37-27(26(28)35)21-6-1-5-20-19(21)4-2-7-22(20)34/h1-2,4-7,17-18,23-24,36H,3,8-16H2/t17-,18-,23+,24-,32+/m1/s1. The van der Waals surface area contributed by atoms with Crippen LogP contribution in [0.4, 0.5) is 19.0 Å². The third-order valence-corrected chi connectivity index (χ3v) is 10.3. The molecule has 4 fully saturated rings. The molecule has 9 rings (SSSR count). The number of halogens is 3. The Hall–Kier alpha value is -3.70. The second-order valence-corrected chi connectivity index (χ2v) is 12.7. The molecule has 43 heavy (non-hydrogen) atoms. The maximum atomic E-state index is 16.8. The molecule has 2 bridgehead atoms. The lowest BCUT2D eigenvalue weighted by atomic mass is 9.95. The predicted molar refractivity (Wildman–Crippen MR) is 155 cm³/mol. The predicted octanol–water partition coefficient (Wildman–Crippen LogP) is 4.78. The zero-order valence-electron chi connectivity index (χ0n) is 23.5. The summed E-state index contributed by atoms with van der Waals surface area (Å²) >= 11 is 0. The van der Waals surface area contributed by atoms with Gasteiger partial charge in [-0.3, -0.25) is 4.90 Å². The first-order chi connectivity index (χ1) is 21.0. The molecule has 5 atom stereocenters. The first kappa shape index (κ1) is 25.8. The molecular formula is C32H31F3N6O2. The van der Waals surface area contributed by atoms with Gasteiger partial charge in [-0.15, -0.1) is 0 Å². The highest BCUT2D eigenvalue weighted by Crippen LogP contribution is 2.44. The second kappa shape index (κ2) is 9.40. The Morgan fingerprint density at radius 3 is 2.86 bits per heavy atom. The van der Waals surface area contributed by atoms with Crippen LogP contribution < -0.4 is 19.7 Å². The zero-order chi connectivity index (χ0) is 28.9. The molecule has 1 N–H and O–H groups in total. The Bertz CT molecular complexity index is 1790. The van der Waals surface area contributed by atoms with E-state index in [0.29, 0.717) is 59.7 Å². The summed E-state index contributed by atoms with van der Waals surface area (Å²) in [6, 6.07) is 10.4. The van der Waals surface area contributed by atoms with Gasteiger partial charge in [0.1, 0.15) is 47.6 Å². The number of aromatic nitrogens is 3. The fourth-order valence-electron chi connectivity index (χ4n) is 8.29. The van der Waals surface area contributed by atoms with Crippen molar-refractivity contribution in [1.29, 1.82) is 0 Å². The van der Waals surface area contributed by atoms with Gasteiger partial charge in [-0.05, 0) is 43.7 Å². The SMILES string of the molecule is Fc1cccc2c(-c3nc4c5c(nc(OC[C@@]67CCCN6C[C@H](F)C7)nc5c3F)N3C[C@H]5CC[C@H](N5)[C@H]3CO4)cccc12. The summed E-state index contributed by atoms with van der Waals surface area (Å²) in [5.74, 6) is -0.233. The molecule has 2 aromatic carbocycles. The Morgan fingerprint density at radius 1 is 1.05 bits per heavy atom. The van der Waals surface area contributed by atoms with Crippen LogP contribution in [0, 0.1) is 11.6 Å². The maximum Gasteiger partial charge on any atom is 0.319 e. The van der Waals surface area contributed by atoms with Crippen LogP contribution in [0.2, 0.25) is 0 Å². The van der Waals surface area contributed by atoms with Gasteiger partial charge in [0.25, 0.3) is 0 Å². The normalized spacial score (nSPS) is 29.5. The van der Waals surface area contributed by atoms with E-state index in [1.165, 1.54) is 6.07 Å². The highest BCUT2D eigenvalue weighted by Gasteiger charge is 2.50. The molecule has 4 aromatic rings. The average molecular weight is 589 g/mol. The lowest BCUT2D eigenvalue weighted by Crippen LogP contribution is -2.60. The lowest BCUT2D eigenvalue weighted by Gasteiger charge is -2.40. The maximum absolute atomic E-state index is 16.8. The minimum atomic E-state index is -0.889. The van der Waals surface area contributed by atoms with Crippen molar-refractivity contribution in [3.05, 3.63) is 48.0 Å². The first-order valence-corrected chi connectivity index (χ1v) is 15.2. The Balaban J connectivity index is 1.22. The van der Waals surface area contributed by atoms with E-state index in [0.717, 1.165) is 32.2 Å². The minimum absolute atomic E-state index is 0.0249. The van der Waals surface area contributed by atoms with E-state index in [1.807, 2.05) is 0 Å². The van der Waals surface area contributed by atoms with E-state index in [1.54, 1.807) is 30.3 Å². The number of rotatable bonds is 4. The highest BCUT2D eigenvalue weighted by atomic mass is 19.1. The van der Waals surface area contributed by atoms with E-state index in [4.69, 9.17) is 19.4 Å². The zero-order valence-corrected chi connectivity index (χ0v) is 23.5. The minimum Gasteiger partial charge on any atom is -0.475 e. The molecule has 0 aliphatic carbocycles. The number of nitrogens with zero attached hydrogens (tertiary/aromatic N) is 5. The smallest absolute Gasteiger partial charge is 0.319 e. The number of alkyl halides is 1. The molecule has 0 saturated carbocycles. The first-order valence-electron chi connectivity index (χ1n) is 15.2. The number of pyridine rings is 1. The molecule has 0 amide bonds. The number of hydrogen-bond donors (Lipinski definition) is 1. The summed E-state index contributed by atoms with van der Waals surface area (Å²) < 4.78 is 58.6. The van der Waals surface area contributed by atoms with E-state index < -0.39 is 23.3 Å². The summed E-state index contributed by atoms with van der Waals surface area (Å²) in [6.45, 7) is 2.54. The van der Waals surface area contributed by atoms with Crippen molar-refractivity contribution in [3.8, 4) is 23.1 Å². The Morgan fingerprint density at radius 2 is 1.93 bits per heavy atom. The van der Waals surface area contributed by atoms with Gasteiger partial charge in [0.05, 0.1) is 11.6 Å². The van der Waals surface area contributed by atoms with E-state index >= 15 is 4.39 Å². The molecule has 11 heteroatoms. The second-order valence-electron chi connectivity index (χ2n) is 12.7. The topological polar surface area (TPSA) is 75.6 Å². The molecule has 0 spiro atoms. The molecule has 4 saturated heterocycles. The van der Waals surface area contributed by atoms with Gasteiger partial charge in [-0.25, -0.2) is 18.2 Å². The van der Waals surface area contributed by atoms with Crippen molar-refractivity contribution in [1.82, 2.24) is 25.2 Å². The number of anilines is 1. The number of ether oxygens (including phenoxy) is 2. The van der Waals surface area contributed by atoms with Crippen molar-refractivity contribution >= 4 is 27.5 Å². The lowest BCUT2D eigenvalue weighted by molar-refractivity contribution is 0.107. The number of nitrogens with one attached hydrogen (secondary N) is 1. The molecule has 2 aromatic heterocycles. The van der Waals surface area contributed by atoms with Crippen LogP contribution in [-0.4, -0.2) is 82.5 Å². The van der Waals surface area contributed by atoms with Gasteiger partial charge >= 0.3 is 6.01 Å². The van der Waals surface area contributed by atoms with E-state index in [-0.39, 0.29) is 41.8 Å². The van der Waals surface area contributed by atoms with Crippen LogP contribution in [0.5, 0.6) is 11.9 Å². The molecule has 5 aliphatic rings. The highest BCUT2D eigenvalue weighted by molar-refractivity contribution is 6.01. The quantitative estimate of drug-likeness (QED) is 0.365. The van der Waals surface area contributed by atoms with E-state index in [9.17, 15) is 8.78 Å². The van der Waals surface area contributed by atoms with Gasteiger partial charge in [0.15, 0.2) is 5.82 Å². The van der Waals surface area contributed by atoms with Crippen LogP contribution in [0.3, 0.4) is 0 Å². The summed E-state index contributed by atoms with van der Waals surface area (Å²) in [7, 11) is 0. The molecule has 5 aliphatic heterocycles. The third-order valence-electron chi connectivity index (χ3n) is 10.3. The summed E-state index contributed by atoms with van der Waals surface area (Å²) in [4.78, 5) is 18.6. The molecule has 8 nitrogen and oxygen atoms in total. The summed E-state index contributed by atoms with van der Waals surface area (Å²) in [5.41, 5.74) is 0.133. The largest absolute Gasteiger partial charge is 0.475 e. The average Bonchev–Trinajstić information content (AvgIpc) is 3.64. The van der Waals surface area contributed by atoms with Crippen molar-refractivity contribution in [2.24, 2.45) is 0 Å². The third kappa shape index (κ3) is 3.86. The van der Waals surface area contributed by atoms with Crippen molar-refractivity contribution in [2.75, 3.05) is 37.7 Å². The molecule has 7 heterocycles. The van der Waals surface area contributed by atoms with Gasteiger partial charge in [-0.1, -0.05) is 30.3 Å². The van der Waals surface area contributed by atoms with E-state index in [2.05, 4.69) is 20.1 Å². The Labute approximate surface area is 246 Å². The molecule has 0 radical (unpaired) electrons. The van der Waals surface area contributed by atoms with Crippen molar-refractivity contribution in [3.63, 3.8) is 0 Å². The van der Waals surface area contributed by atoms with Gasteiger partial charge < -0.3 is 19.7 Å². The number of benzene rings is 2. The van der Waals surface area contributed by atoms with Crippen molar-refractivity contribution < 1.29 is 22.6 Å². The van der Waals surface area contributed by atoms with Gasteiger partial charge in [-0.2, -0.15) is 9.97 Å². The van der Waals surface area contributed by atoms with Gasteiger partial charge in [0, 0.05) is 42.5 Å². The summed E-state index contributed by atoms with van der Waals surface area (Å²) in [6.07, 6.45) is 3.42. The number of piperazine rings is 1. The van der Waals surface area contributed by atoms with Crippen LogP contribution in [0.1, 0.15) is 32.1 Å². The van der Waals surface area contributed by atoms with Crippen LogP contribution in [0.15, 0.2) is 36.4 Å². The molecular weight excluding hydrogens is 557 g/mol. The van der Waals surface area contributed by atoms with Gasteiger partial charge in [0.2, 0.25) is 5.88 Å². The van der Waals surface area contributed by atoms with Crippen LogP contribution in [-0.2, 0) is 0 Å². The number of hydrogen-bond acceptors (Lipinski definition) is 8. The molecule has 222 valence electrons. The Kier molecular flexibility index (Phi) is 5.63. The fourth-order valence-corrected chi connectivity index (χ4v) is 8.29. The monoisotopic (exact) mass is 588 g/mol.